The van der Waals surface area contributed by atoms with Crippen LogP contribution in [0, 0.1) is 18.3 Å². The van der Waals surface area contributed by atoms with E-state index in [2.05, 4.69) is 0 Å². The Hall–Kier alpha value is -2.99. The molecule has 1 aliphatic rings. The minimum Gasteiger partial charge on any atom is -0.372 e. The Balaban J connectivity index is 1.73. The normalized spacial score (nSPS) is 15.8. The van der Waals surface area contributed by atoms with Crippen LogP contribution in [-0.4, -0.2) is 39.5 Å². The fourth-order valence-electron chi connectivity index (χ4n) is 3.16. The van der Waals surface area contributed by atoms with Crippen LogP contribution in [0.1, 0.15) is 11.1 Å². The third-order valence-corrected chi connectivity index (χ3v) is 6.55. The summed E-state index contributed by atoms with van der Waals surface area (Å²) >= 11 is 0. The fraction of sp³-hybridized carbons (Fsp3) is 0.286. The molecule has 0 bridgehead atoms. The van der Waals surface area contributed by atoms with Crippen molar-refractivity contribution in [2.45, 2.75) is 18.0 Å². The first kappa shape index (κ1) is 21.7. The van der Waals surface area contributed by atoms with Crippen molar-refractivity contribution in [3.8, 4) is 6.07 Å². The van der Waals surface area contributed by atoms with Gasteiger partial charge >= 0.3 is 6.18 Å². The maximum Gasteiger partial charge on any atom is 0.416 e. The molecule has 0 amide bonds. The number of hydrogen-bond acceptors (Lipinski definition) is 5. The van der Waals surface area contributed by atoms with Gasteiger partial charge in [-0.3, -0.25) is 0 Å². The van der Waals surface area contributed by atoms with E-state index in [1.54, 1.807) is 34.1 Å². The number of alkyl halides is 3. The number of rotatable bonds is 4. The lowest BCUT2D eigenvalue weighted by atomic mass is 10.1. The molecule has 30 heavy (non-hydrogen) atoms. The summed E-state index contributed by atoms with van der Waals surface area (Å²) in [6.07, 6.45) is -3.09. The number of nitriles is 1. The van der Waals surface area contributed by atoms with Gasteiger partial charge in [-0.25, -0.2) is 8.42 Å². The quantitative estimate of drug-likeness (QED) is 0.680. The van der Waals surface area contributed by atoms with E-state index in [4.69, 9.17) is 0 Å². The van der Waals surface area contributed by atoms with Gasteiger partial charge in [-0.1, -0.05) is 23.8 Å². The summed E-state index contributed by atoms with van der Waals surface area (Å²) in [5.74, 6) is 0. The molecule has 0 aromatic heterocycles. The maximum absolute atomic E-state index is 12.9. The van der Waals surface area contributed by atoms with Crippen LogP contribution in [-0.2, 0) is 16.0 Å². The van der Waals surface area contributed by atoms with Crippen LogP contribution in [0.5, 0.6) is 0 Å². The molecule has 0 aliphatic carbocycles. The predicted molar refractivity (Wildman–Crippen MR) is 107 cm³/mol. The average Bonchev–Trinajstić information content (AvgIpc) is 2.72. The highest BCUT2D eigenvalue weighted by Crippen LogP contribution is 2.32. The zero-order chi connectivity index (χ0) is 21.9. The van der Waals surface area contributed by atoms with E-state index in [9.17, 15) is 26.9 Å². The van der Waals surface area contributed by atoms with Crippen molar-refractivity contribution in [2.24, 2.45) is 0 Å². The van der Waals surface area contributed by atoms with E-state index in [1.165, 1.54) is 24.4 Å². The van der Waals surface area contributed by atoms with E-state index in [1.807, 2.05) is 6.92 Å². The standard InChI is InChI=1S/C21H20F3N3O2S/c1-16-5-7-19(8-6-16)30(28,29)20(14-25)15-26-9-11-27(12-10-26)18-4-2-3-17(13-18)21(22,23)24/h2-8,13,15H,9-12H2,1H3/b20-15+. The number of aryl methyl sites for hydroxylation is 1. The number of anilines is 1. The van der Waals surface area contributed by atoms with Gasteiger partial charge in [0, 0.05) is 38.1 Å². The van der Waals surface area contributed by atoms with Crippen molar-refractivity contribution in [3.05, 3.63) is 70.8 Å². The van der Waals surface area contributed by atoms with Gasteiger partial charge < -0.3 is 9.80 Å². The topological polar surface area (TPSA) is 64.4 Å². The van der Waals surface area contributed by atoms with Gasteiger partial charge in [-0.2, -0.15) is 18.4 Å². The second kappa shape index (κ2) is 8.40. The molecule has 1 fully saturated rings. The molecule has 0 saturated carbocycles. The van der Waals surface area contributed by atoms with E-state index in [0.717, 1.165) is 17.7 Å². The van der Waals surface area contributed by atoms with Crippen LogP contribution in [0.25, 0.3) is 0 Å². The smallest absolute Gasteiger partial charge is 0.372 e. The van der Waals surface area contributed by atoms with Crippen molar-refractivity contribution in [3.63, 3.8) is 0 Å². The Morgan fingerprint density at radius 2 is 1.70 bits per heavy atom. The van der Waals surface area contributed by atoms with Crippen molar-refractivity contribution >= 4 is 15.5 Å². The molecule has 1 aliphatic heterocycles. The first-order chi connectivity index (χ1) is 14.1. The second-order valence-corrected chi connectivity index (χ2v) is 8.91. The summed E-state index contributed by atoms with van der Waals surface area (Å²) < 4.78 is 64.3. The van der Waals surface area contributed by atoms with Gasteiger partial charge in [0.25, 0.3) is 0 Å². The second-order valence-electron chi connectivity index (χ2n) is 6.99. The van der Waals surface area contributed by atoms with Crippen molar-refractivity contribution in [2.75, 3.05) is 31.1 Å². The van der Waals surface area contributed by atoms with Crippen LogP contribution in [0.15, 0.2) is 64.5 Å². The Kier molecular flexibility index (Phi) is 6.08. The number of allylic oxidation sites excluding steroid dienone is 1. The SMILES string of the molecule is Cc1ccc(S(=O)(=O)/C(C#N)=C/N2CCN(c3cccc(C(F)(F)F)c3)CC2)cc1. The van der Waals surface area contributed by atoms with Crippen molar-refractivity contribution in [1.29, 1.82) is 5.26 Å². The number of piperazine rings is 1. The fourth-order valence-corrected chi connectivity index (χ4v) is 4.31. The van der Waals surface area contributed by atoms with Gasteiger partial charge in [-0.15, -0.1) is 0 Å². The monoisotopic (exact) mass is 435 g/mol. The Morgan fingerprint density at radius 1 is 1.07 bits per heavy atom. The third kappa shape index (κ3) is 4.76. The van der Waals surface area contributed by atoms with Gasteiger partial charge in [0.15, 0.2) is 4.91 Å². The highest BCUT2D eigenvalue weighted by Gasteiger charge is 2.31. The lowest BCUT2D eigenvalue weighted by molar-refractivity contribution is -0.137. The molecule has 9 heteroatoms. The Labute approximate surface area is 173 Å². The molecule has 0 atom stereocenters. The summed E-state index contributed by atoms with van der Waals surface area (Å²) in [5, 5.41) is 9.40. The summed E-state index contributed by atoms with van der Waals surface area (Å²) in [4.78, 5) is 3.19. The predicted octanol–water partition coefficient (Wildman–Crippen LogP) is 3.97. The minimum atomic E-state index is -4.41. The van der Waals surface area contributed by atoms with Crippen molar-refractivity contribution < 1.29 is 21.6 Å². The van der Waals surface area contributed by atoms with Gasteiger partial charge in [-0.05, 0) is 37.3 Å². The summed E-state index contributed by atoms with van der Waals surface area (Å²) in [7, 11) is -3.94. The molecule has 0 radical (unpaired) electrons. The van der Waals surface area contributed by atoms with Gasteiger partial charge in [0.2, 0.25) is 9.84 Å². The molecule has 2 aromatic carbocycles. The Bertz CT molecular complexity index is 1080. The molecular formula is C21H20F3N3O2S. The minimum absolute atomic E-state index is 0.0449. The van der Waals surface area contributed by atoms with E-state index < -0.39 is 21.6 Å². The molecule has 1 saturated heterocycles. The van der Waals surface area contributed by atoms with Crippen molar-refractivity contribution in [1.82, 2.24) is 4.90 Å². The van der Waals surface area contributed by atoms with Crippen LogP contribution >= 0.6 is 0 Å². The van der Waals surface area contributed by atoms with Crippen LogP contribution in [0.3, 0.4) is 0 Å². The Morgan fingerprint density at radius 3 is 2.27 bits per heavy atom. The van der Waals surface area contributed by atoms with E-state index in [-0.39, 0.29) is 9.80 Å². The zero-order valence-corrected chi connectivity index (χ0v) is 17.0. The number of sulfone groups is 1. The molecule has 1 heterocycles. The molecule has 3 rings (SSSR count). The summed E-state index contributed by atoms with van der Waals surface area (Å²) in [6, 6.07) is 13.1. The largest absolute Gasteiger partial charge is 0.416 e. The lowest BCUT2D eigenvalue weighted by Gasteiger charge is -2.35. The number of halogens is 3. The number of hydrogen-bond donors (Lipinski definition) is 0. The van der Waals surface area contributed by atoms with E-state index >= 15 is 0 Å². The molecule has 0 spiro atoms. The highest BCUT2D eigenvalue weighted by atomic mass is 32.2. The summed E-state index contributed by atoms with van der Waals surface area (Å²) in [5.41, 5.74) is 0.654. The van der Waals surface area contributed by atoms with Crippen LogP contribution in [0.2, 0.25) is 0 Å². The molecule has 2 aromatic rings. The first-order valence-electron chi connectivity index (χ1n) is 9.21. The first-order valence-corrected chi connectivity index (χ1v) is 10.7. The maximum atomic E-state index is 12.9. The molecular weight excluding hydrogens is 415 g/mol. The van der Waals surface area contributed by atoms with Gasteiger partial charge in [0.05, 0.1) is 10.5 Å². The van der Waals surface area contributed by atoms with Crippen LogP contribution < -0.4 is 4.90 Å². The third-order valence-electron chi connectivity index (χ3n) is 4.88. The highest BCUT2D eigenvalue weighted by molar-refractivity contribution is 7.95. The molecule has 158 valence electrons. The van der Waals surface area contributed by atoms with Crippen LogP contribution in [0.4, 0.5) is 18.9 Å². The van der Waals surface area contributed by atoms with Gasteiger partial charge in [0.1, 0.15) is 6.07 Å². The van der Waals surface area contributed by atoms with E-state index in [0.29, 0.717) is 31.9 Å². The number of benzene rings is 2. The number of nitrogens with zero attached hydrogens (tertiary/aromatic N) is 3. The molecule has 0 unspecified atom stereocenters. The average molecular weight is 435 g/mol. The molecule has 5 nitrogen and oxygen atoms in total. The molecule has 0 N–H and O–H groups in total. The summed E-state index contributed by atoms with van der Waals surface area (Å²) in [6.45, 7) is 3.40. The lowest BCUT2D eigenvalue weighted by Crippen LogP contribution is -2.44. The zero-order valence-electron chi connectivity index (χ0n) is 16.2.